The Morgan fingerprint density at radius 1 is 1.24 bits per heavy atom. The number of benzene rings is 1. The topological polar surface area (TPSA) is 66.8 Å². The van der Waals surface area contributed by atoms with Crippen molar-refractivity contribution < 1.29 is 19.7 Å². The van der Waals surface area contributed by atoms with Crippen LogP contribution in [0, 0.1) is 0 Å². The summed E-state index contributed by atoms with van der Waals surface area (Å²) >= 11 is 17.4. The van der Waals surface area contributed by atoms with E-state index in [0.717, 1.165) is 0 Å². The van der Waals surface area contributed by atoms with Crippen molar-refractivity contribution in [1.82, 2.24) is 0 Å². The third kappa shape index (κ3) is 2.89. The molecule has 0 atom stereocenters. The summed E-state index contributed by atoms with van der Waals surface area (Å²) in [6.07, 6.45) is -0.481. The predicted octanol–water partition coefficient (Wildman–Crippen LogP) is 4.36. The molecule has 1 aromatic rings. The number of halogens is 3. The molecule has 0 saturated heterocycles. The summed E-state index contributed by atoms with van der Waals surface area (Å²) in [5.41, 5.74) is 0.323. The number of rotatable bonds is 3. The molecule has 0 unspecified atom stereocenters. The van der Waals surface area contributed by atoms with Crippen molar-refractivity contribution >= 4 is 41.0 Å². The lowest BCUT2D eigenvalue weighted by Crippen LogP contribution is -2.06. The van der Waals surface area contributed by atoms with Gasteiger partial charge in [0.2, 0.25) is 0 Å². The second kappa shape index (κ2) is 5.67. The van der Waals surface area contributed by atoms with Gasteiger partial charge in [-0.15, -0.1) is 0 Å². The Labute approximate surface area is 113 Å². The number of carboxylic acid groups (broad SMARTS) is 1. The van der Waals surface area contributed by atoms with Gasteiger partial charge in [-0.1, -0.05) is 48.1 Å². The lowest BCUT2D eigenvalue weighted by atomic mass is 10.1. The Morgan fingerprint density at radius 2 is 1.82 bits per heavy atom. The standard InChI is InChI=1S/C10H9Cl3O4/c1-2-3-4-5(11)6(12)7(13)8(14)9(4)17-10(15)16/h14H,2-3H2,1H3,(H,15,16). The normalized spacial score (nSPS) is 10.4. The molecule has 17 heavy (non-hydrogen) atoms. The number of phenols is 1. The van der Waals surface area contributed by atoms with Crippen LogP contribution >= 0.6 is 34.8 Å². The summed E-state index contributed by atoms with van der Waals surface area (Å²) in [6, 6.07) is 0. The fraction of sp³-hybridized carbons (Fsp3) is 0.300. The van der Waals surface area contributed by atoms with Crippen LogP contribution in [0.5, 0.6) is 11.5 Å². The maximum Gasteiger partial charge on any atom is 0.511 e. The molecule has 7 heteroatoms. The quantitative estimate of drug-likeness (QED) is 0.494. The molecule has 2 N–H and O–H groups in total. The maximum absolute atomic E-state index is 10.5. The highest BCUT2D eigenvalue weighted by atomic mass is 35.5. The predicted molar refractivity (Wildman–Crippen MR) is 65.8 cm³/mol. The molecule has 94 valence electrons. The van der Waals surface area contributed by atoms with Gasteiger partial charge in [-0.2, -0.15) is 0 Å². The molecular weight excluding hydrogens is 290 g/mol. The van der Waals surface area contributed by atoms with Crippen LogP contribution in [0.25, 0.3) is 0 Å². The van der Waals surface area contributed by atoms with Crippen LogP contribution in [0.1, 0.15) is 18.9 Å². The molecule has 0 spiro atoms. The molecule has 0 heterocycles. The zero-order valence-electron chi connectivity index (χ0n) is 8.76. The number of phenolic OH excluding ortho intramolecular Hbond substituents is 1. The first kappa shape index (κ1) is 14.2. The minimum atomic E-state index is -1.56. The van der Waals surface area contributed by atoms with Gasteiger partial charge in [0.05, 0.1) is 10.0 Å². The SMILES string of the molecule is CCCc1c(Cl)c(Cl)c(Cl)c(O)c1OC(=O)O. The summed E-state index contributed by atoms with van der Waals surface area (Å²) in [6.45, 7) is 1.86. The Bertz CT molecular complexity index is 460. The van der Waals surface area contributed by atoms with E-state index < -0.39 is 11.9 Å². The van der Waals surface area contributed by atoms with Gasteiger partial charge in [0.25, 0.3) is 0 Å². The molecule has 0 aliphatic heterocycles. The van der Waals surface area contributed by atoms with Crippen molar-refractivity contribution in [3.05, 3.63) is 20.6 Å². The Kier molecular flexibility index (Phi) is 4.74. The second-order valence-electron chi connectivity index (χ2n) is 3.22. The van der Waals surface area contributed by atoms with Crippen molar-refractivity contribution in [2.75, 3.05) is 0 Å². The van der Waals surface area contributed by atoms with Crippen molar-refractivity contribution in [2.45, 2.75) is 19.8 Å². The van der Waals surface area contributed by atoms with E-state index in [-0.39, 0.29) is 20.8 Å². The summed E-state index contributed by atoms with van der Waals surface area (Å²) in [4.78, 5) is 10.5. The summed E-state index contributed by atoms with van der Waals surface area (Å²) < 4.78 is 4.48. The van der Waals surface area contributed by atoms with Gasteiger partial charge in [-0.25, -0.2) is 4.79 Å². The molecule has 0 amide bonds. The van der Waals surface area contributed by atoms with Crippen LogP contribution in [0.15, 0.2) is 0 Å². The number of ether oxygens (including phenoxy) is 1. The van der Waals surface area contributed by atoms with Gasteiger partial charge in [-0.05, 0) is 6.42 Å². The molecule has 0 bridgehead atoms. The largest absolute Gasteiger partial charge is 0.511 e. The van der Waals surface area contributed by atoms with Crippen molar-refractivity contribution in [2.24, 2.45) is 0 Å². The van der Waals surface area contributed by atoms with E-state index in [1.165, 1.54) is 0 Å². The zero-order valence-corrected chi connectivity index (χ0v) is 11.0. The van der Waals surface area contributed by atoms with Crippen molar-refractivity contribution in [1.29, 1.82) is 0 Å². The lowest BCUT2D eigenvalue weighted by molar-refractivity contribution is 0.142. The minimum absolute atomic E-state index is 0.0213. The Morgan fingerprint density at radius 3 is 2.29 bits per heavy atom. The van der Waals surface area contributed by atoms with E-state index in [1.54, 1.807) is 0 Å². The second-order valence-corrected chi connectivity index (χ2v) is 4.35. The van der Waals surface area contributed by atoms with Crippen molar-refractivity contribution in [3.8, 4) is 11.5 Å². The number of hydrogen-bond donors (Lipinski definition) is 2. The smallest absolute Gasteiger partial charge is 0.503 e. The maximum atomic E-state index is 10.5. The molecule has 1 rings (SSSR count). The first-order chi connectivity index (χ1) is 7.90. The molecule has 1 aromatic carbocycles. The molecule has 4 nitrogen and oxygen atoms in total. The van der Waals surface area contributed by atoms with E-state index in [1.807, 2.05) is 6.92 Å². The minimum Gasteiger partial charge on any atom is -0.503 e. The van der Waals surface area contributed by atoms with E-state index in [2.05, 4.69) is 4.74 Å². The fourth-order valence-corrected chi connectivity index (χ4v) is 2.05. The monoisotopic (exact) mass is 298 g/mol. The average Bonchev–Trinajstić information content (AvgIpc) is 2.28. The van der Waals surface area contributed by atoms with Crippen LogP contribution in [0.3, 0.4) is 0 Å². The summed E-state index contributed by atoms with van der Waals surface area (Å²) in [5.74, 6) is -0.786. The van der Waals surface area contributed by atoms with E-state index in [4.69, 9.17) is 39.9 Å². The van der Waals surface area contributed by atoms with Gasteiger partial charge >= 0.3 is 6.16 Å². The molecule has 0 aromatic heterocycles. The average molecular weight is 300 g/mol. The first-order valence-electron chi connectivity index (χ1n) is 4.69. The van der Waals surface area contributed by atoms with Gasteiger partial charge in [0.15, 0.2) is 11.5 Å². The molecular formula is C10H9Cl3O4. The van der Waals surface area contributed by atoms with Crippen LogP contribution < -0.4 is 4.74 Å². The van der Waals surface area contributed by atoms with Crippen LogP contribution in [0.4, 0.5) is 4.79 Å². The zero-order chi connectivity index (χ0) is 13.2. The van der Waals surface area contributed by atoms with Gasteiger partial charge in [-0.3, -0.25) is 0 Å². The molecule has 0 aliphatic carbocycles. The van der Waals surface area contributed by atoms with E-state index in [9.17, 15) is 9.90 Å². The molecule has 0 aliphatic rings. The highest BCUT2D eigenvalue weighted by Crippen LogP contribution is 2.47. The fourth-order valence-electron chi connectivity index (χ4n) is 1.35. The van der Waals surface area contributed by atoms with E-state index >= 15 is 0 Å². The molecule has 0 saturated carbocycles. The van der Waals surface area contributed by atoms with Gasteiger partial charge in [0, 0.05) is 5.56 Å². The molecule has 0 radical (unpaired) electrons. The van der Waals surface area contributed by atoms with Gasteiger partial charge in [0.1, 0.15) is 5.02 Å². The van der Waals surface area contributed by atoms with E-state index in [0.29, 0.717) is 18.4 Å². The first-order valence-corrected chi connectivity index (χ1v) is 5.82. The number of aromatic hydroxyl groups is 1. The Balaban J connectivity index is 3.47. The van der Waals surface area contributed by atoms with Crippen molar-refractivity contribution in [3.63, 3.8) is 0 Å². The molecule has 0 fully saturated rings. The van der Waals surface area contributed by atoms with Crippen LogP contribution in [-0.2, 0) is 6.42 Å². The third-order valence-electron chi connectivity index (χ3n) is 2.04. The summed E-state index contributed by atoms with van der Waals surface area (Å²) in [7, 11) is 0. The highest BCUT2D eigenvalue weighted by Gasteiger charge is 2.23. The van der Waals surface area contributed by atoms with Crippen LogP contribution in [0.2, 0.25) is 15.1 Å². The number of carbonyl (C=O) groups is 1. The Hall–Kier alpha value is -0.840. The number of hydrogen-bond acceptors (Lipinski definition) is 3. The lowest BCUT2D eigenvalue weighted by Gasteiger charge is -2.14. The summed E-state index contributed by atoms with van der Waals surface area (Å²) in [5, 5.41) is 18.1. The highest BCUT2D eigenvalue weighted by molar-refractivity contribution is 6.49. The van der Waals surface area contributed by atoms with Gasteiger partial charge < -0.3 is 14.9 Å². The van der Waals surface area contributed by atoms with Crippen LogP contribution in [-0.4, -0.2) is 16.4 Å². The third-order valence-corrected chi connectivity index (χ3v) is 3.39.